The second kappa shape index (κ2) is 6.36. The smallest absolute Gasteiger partial charge is 0.227 e. The van der Waals surface area contributed by atoms with Crippen LogP contribution in [0, 0.1) is 11.6 Å². The first-order valence-corrected chi connectivity index (χ1v) is 7.67. The first-order chi connectivity index (χ1) is 11.1. The lowest BCUT2D eigenvalue weighted by atomic mass is 10.1. The summed E-state index contributed by atoms with van der Waals surface area (Å²) in [6.07, 6.45) is 1.42. The molecule has 3 rings (SSSR count). The van der Waals surface area contributed by atoms with E-state index >= 15 is 0 Å². The van der Waals surface area contributed by atoms with Gasteiger partial charge in [0.2, 0.25) is 5.91 Å². The molecule has 0 aliphatic carbocycles. The Kier molecular flexibility index (Phi) is 4.28. The highest BCUT2D eigenvalue weighted by Crippen LogP contribution is 2.28. The standard InChI is InChI=1S/C18H18F2N2O/c1-12(18-15(19)7-3-8-16(18)20)21-13-5-2-6-14(11-13)22-10-4-9-17(22)23/h2-3,5-8,11-12,21H,4,9-10H2,1H3. The van der Waals surface area contributed by atoms with Crippen molar-refractivity contribution in [3.05, 3.63) is 59.7 Å². The fraction of sp³-hybridized carbons (Fsp3) is 0.278. The fourth-order valence-electron chi connectivity index (χ4n) is 2.93. The Balaban J connectivity index is 1.81. The molecule has 0 saturated carbocycles. The van der Waals surface area contributed by atoms with Crippen LogP contribution in [0.1, 0.15) is 31.4 Å². The fourth-order valence-corrected chi connectivity index (χ4v) is 2.93. The van der Waals surface area contributed by atoms with Gasteiger partial charge in [0.05, 0.1) is 6.04 Å². The van der Waals surface area contributed by atoms with Crippen molar-refractivity contribution in [2.24, 2.45) is 0 Å². The third kappa shape index (κ3) is 3.18. The average molecular weight is 316 g/mol. The molecular formula is C18H18F2N2O. The first kappa shape index (κ1) is 15.5. The summed E-state index contributed by atoms with van der Waals surface area (Å²) >= 11 is 0. The number of nitrogens with zero attached hydrogens (tertiary/aromatic N) is 1. The summed E-state index contributed by atoms with van der Waals surface area (Å²) in [5, 5.41) is 3.10. The summed E-state index contributed by atoms with van der Waals surface area (Å²) < 4.78 is 27.7. The molecule has 0 aromatic heterocycles. The molecule has 0 spiro atoms. The molecule has 120 valence electrons. The Morgan fingerprint density at radius 2 is 1.83 bits per heavy atom. The van der Waals surface area contributed by atoms with E-state index in [2.05, 4.69) is 5.32 Å². The number of carbonyl (C=O) groups excluding carboxylic acids is 1. The number of amides is 1. The van der Waals surface area contributed by atoms with E-state index in [1.807, 2.05) is 24.3 Å². The minimum atomic E-state index is -0.573. The second-order valence-corrected chi connectivity index (χ2v) is 5.70. The molecule has 5 heteroatoms. The Hall–Kier alpha value is -2.43. The highest BCUT2D eigenvalue weighted by molar-refractivity contribution is 5.95. The van der Waals surface area contributed by atoms with Crippen LogP contribution in [0.5, 0.6) is 0 Å². The van der Waals surface area contributed by atoms with Gasteiger partial charge < -0.3 is 10.2 Å². The lowest BCUT2D eigenvalue weighted by molar-refractivity contribution is -0.117. The van der Waals surface area contributed by atoms with E-state index in [4.69, 9.17) is 0 Å². The van der Waals surface area contributed by atoms with Gasteiger partial charge in [-0.3, -0.25) is 4.79 Å². The van der Waals surface area contributed by atoms with Gasteiger partial charge >= 0.3 is 0 Å². The molecule has 23 heavy (non-hydrogen) atoms. The molecule has 1 aliphatic rings. The SMILES string of the molecule is CC(Nc1cccc(N2CCCC2=O)c1)c1c(F)cccc1F. The molecule has 1 heterocycles. The first-order valence-electron chi connectivity index (χ1n) is 7.67. The molecule has 1 saturated heterocycles. The van der Waals surface area contributed by atoms with Crippen LogP contribution in [-0.2, 0) is 4.79 Å². The second-order valence-electron chi connectivity index (χ2n) is 5.70. The Labute approximate surface area is 133 Å². The number of halogens is 2. The van der Waals surface area contributed by atoms with Gasteiger partial charge in [0.15, 0.2) is 0 Å². The Bertz CT molecular complexity index is 712. The quantitative estimate of drug-likeness (QED) is 0.914. The van der Waals surface area contributed by atoms with E-state index in [9.17, 15) is 13.6 Å². The average Bonchev–Trinajstić information content (AvgIpc) is 2.93. The van der Waals surface area contributed by atoms with Crippen LogP contribution in [0.15, 0.2) is 42.5 Å². The number of benzene rings is 2. The zero-order valence-corrected chi connectivity index (χ0v) is 12.9. The van der Waals surface area contributed by atoms with Crippen LogP contribution in [0.4, 0.5) is 20.2 Å². The molecule has 1 atom stereocenters. The van der Waals surface area contributed by atoms with Crippen molar-refractivity contribution in [3.8, 4) is 0 Å². The predicted molar refractivity (Wildman–Crippen MR) is 86.4 cm³/mol. The third-order valence-electron chi connectivity index (χ3n) is 4.05. The summed E-state index contributed by atoms with van der Waals surface area (Å²) in [6, 6.07) is 10.7. The number of carbonyl (C=O) groups is 1. The van der Waals surface area contributed by atoms with Crippen LogP contribution in [0.3, 0.4) is 0 Å². The van der Waals surface area contributed by atoms with E-state index in [1.54, 1.807) is 11.8 Å². The molecule has 1 aliphatic heterocycles. The Morgan fingerprint density at radius 3 is 2.48 bits per heavy atom. The topological polar surface area (TPSA) is 32.3 Å². The van der Waals surface area contributed by atoms with Crippen molar-refractivity contribution in [2.75, 3.05) is 16.8 Å². The van der Waals surface area contributed by atoms with E-state index in [1.165, 1.54) is 18.2 Å². The molecule has 2 aromatic rings. The molecule has 3 nitrogen and oxygen atoms in total. The van der Waals surface area contributed by atoms with Gasteiger partial charge in [-0.25, -0.2) is 8.78 Å². The van der Waals surface area contributed by atoms with Crippen LogP contribution in [0.2, 0.25) is 0 Å². The number of rotatable bonds is 4. The maximum atomic E-state index is 13.8. The monoisotopic (exact) mass is 316 g/mol. The number of hydrogen-bond acceptors (Lipinski definition) is 2. The van der Waals surface area contributed by atoms with Gasteiger partial charge in [-0.1, -0.05) is 12.1 Å². The summed E-state index contributed by atoms with van der Waals surface area (Å²) in [7, 11) is 0. The van der Waals surface area contributed by atoms with Crippen LogP contribution < -0.4 is 10.2 Å². The maximum Gasteiger partial charge on any atom is 0.227 e. The molecule has 0 radical (unpaired) electrons. The number of anilines is 2. The maximum absolute atomic E-state index is 13.8. The summed E-state index contributed by atoms with van der Waals surface area (Å²) in [4.78, 5) is 13.6. The van der Waals surface area contributed by atoms with Gasteiger partial charge in [-0.05, 0) is 43.7 Å². The molecule has 0 bridgehead atoms. The number of hydrogen-bond donors (Lipinski definition) is 1. The van der Waals surface area contributed by atoms with Gasteiger partial charge in [0, 0.05) is 29.9 Å². The van der Waals surface area contributed by atoms with Crippen molar-refractivity contribution in [2.45, 2.75) is 25.8 Å². The zero-order chi connectivity index (χ0) is 16.4. The number of nitrogens with one attached hydrogen (secondary N) is 1. The van der Waals surface area contributed by atoms with Crippen LogP contribution in [-0.4, -0.2) is 12.5 Å². The van der Waals surface area contributed by atoms with Crippen molar-refractivity contribution < 1.29 is 13.6 Å². The predicted octanol–water partition coefficient (Wildman–Crippen LogP) is 4.26. The van der Waals surface area contributed by atoms with Gasteiger partial charge in [0.25, 0.3) is 0 Å². The van der Waals surface area contributed by atoms with E-state index in [0.717, 1.165) is 17.8 Å². The lowest BCUT2D eigenvalue weighted by Crippen LogP contribution is -2.23. The molecule has 2 aromatic carbocycles. The van der Waals surface area contributed by atoms with Gasteiger partial charge in [-0.15, -0.1) is 0 Å². The highest BCUT2D eigenvalue weighted by Gasteiger charge is 2.22. The Morgan fingerprint density at radius 1 is 1.13 bits per heavy atom. The van der Waals surface area contributed by atoms with Crippen LogP contribution in [0.25, 0.3) is 0 Å². The van der Waals surface area contributed by atoms with E-state index < -0.39 is 17.7 Å². The molecule has 1 fully saturated rings. The van der Waals surface area contributed by atoms with E-state index in [0.29, 0.717) is 13.0 Å². The van der Waals surface area contributed by atoms with E-state index in [-0.39, 0.29) is 11.5 Å². The summed E-state index contributed by atoms with van der Waals surface area (Å²) in [5.74, 6) is -1.04. The normalized spacial score (nSPS) is 15.8. The lowest BCUT2D eigenvalue weighted by Gasteiger charge is -2.20. The third-order valence-corrected chi connectivity index (χ3v) is 4.05. The minimum absolute atomic E-state index is 0.00940. The molecule has 1 N–H and O–H groups in total. The van der Waals surface area contributed by atoms with Crippen molar-refractivity contribution in [1.82, 2.24) is 0 Å². The molecular weight excluding hydrogens is 298 g/mol. The zero-order valence-electron chi connectivity index (χ0n) is 12.9. The molecule has 1 amide bonds. The minimum Gasteiger partial charge on any atom is -0.378 e. The van der Waals surface area contributed by atoms with Crippen LogP contribution >= 0.6 is 0 Å². The largest absolute Gasteiger partial charge is 0.378 e. The highest BCUT2D eigenvalue weighted by atomic mass is 19.1. The van der Waals surface area contributed by atoms with Crippen molar-refractivity contribution in [1.29, 1.82) is 0 Å². The van der Waals surface area contributed by atoms with Gasteiger partial charge in [-0.2, -0.15) is 0 Å². The van der Waals surface area contributed by atoms with Gasteiger partial charge in [0.1, 0.15) is 11.6 Å². The molecule has 1 unspecified atom stereocenters. The van der Waals surface area contributed by atoms with Crippen molar-refractivity contribution >= 4 is 17.3 Å². The summed E-state index contributed by atoms with van der Waals surface area (Å²) in [5.41, 5.74) is 1.53. The summed E-state index contributed by atoms with van der Waals surface area (Å²) in [6.45, 7) is 2.41. The van der Waals surface area contributed by atoms with Crippen molar-refractivity contribution in [3.63, 3.8) is 0 Å².